The predicted octanol–water partition coefficient (Wildman–Crippen LogP) is 2.98. The molecule has 0 unspecified atom stereocenters. The van der Waals surface area contributed by atoms with Crippen LogP contribution >= 0.6 is 11.6 Å². The highest BCUT2D eigenvalue weighted by atomic mass is 35.5. The molecular formula is C14H20ClNO. The minimum atomic E-state index is 0.0935. The summed E-state index contributed by atoms with van der Waals surface area (Å²) in [5.74, 6) is 0.640. The molecule has 1 amide bonds. The molecule has 0 aliphatic heterocycles. The van der Waals surface area contributed by atoms with Crippen molar-refractivity contribution < 1.29 is 4.79 Å². The van der Waals surface area contributed by atoms with E-state index in [4.69, 9.17) is 11.6 Å². The zero-order chi connectivity index (χ0) is 12.7. The molecule has 1 aromatic carbocycles. The Morgan fingerprint density at radius 2 is 2.12 bits per heavy atom. The van der Waals surface area contributed by atoms with E-state index in [1.807, 2.05) is 0 Å². The number of halogens is 1. The van der Waals surface area contributed by atoms with Crippen LogP contribution in [-0.2, 0) is 11.2 Å². The Morgan fingerprint density at radius 1 is 1.35 bits per heavy atom. The first-order valence-corrected chi connectivity index (χ1v) is 6.55. The lowest BCUT2D eigenvalue weighted by molar-refractivity contribution is -0.121. The lowest BCUT2D eigenvalue weighted by atomic mass is 10.0. The Labute approximate surface area is 108 Å². The molecule has 0 fully saturated rings. The first-order chi connectivity index (χ1) is 8.13. The van der Waals surface area contributed by atoms with Crippen LogP contribution in [0, 0.1) is 13.8 Å². The van der Waals surface area contributed by atoms with E-state index >= 15 is 0 Å². The summed E-state index contributed by atoms with van der Waals surface area (Å²) in [7, 11) is 0. The average molecular weight is 254 g/mol. The van der Waals surface area contributed by atoms with Gasteiger partial charge in [0.1, 0.15) is 0 Å². The highest BCUT2D eigenvalue weighted by Crippen LogP contribution is 2.10. The molecule has 3 heteroatoms. The number of aryl methyl sites for hydroxylation is 2. The quantitative estimate of drug-likeness (QED) is 0.776. The number of amides is 1. The minimum Gasteiger partial charge on any atom is -0.356 e. The summed E-state index contributed by atoms with van der Waals surface area (Å²) in [4.78, 5) is 11.4. The molecule has 94 valence electrons. The van der Waals surface area contributed by atoms with Crippen LogP contribution in [0.3, 0.4) is 0 Å². The van der Waals surface area contributed by atoms with Gasteiger partial charge in [0.2, 0.25) is 5.91 Å². The first kappa shape index (κ1) is 14.0. The Balaban J connectivity index is 2.35. The topological polar surface area (TPSA) is 29.1 Å². The number of nitrogens with one attached hydrogen (secondary N) is 1. The van der Waals surface area contributed by atoms with Gasteiger partial charge in [-0.05, 0) is 37.8 Å². The van der Waals surface area contributed by atoms with Gasteiger partial charge < -0.3 is 5.32 Å². The number of hydrogen-bond donors (Lipinski definition) is 1. The fourth-order valence-electron chi connectivity index (χ4n) is 1.72. The van der Waals surface area contributed by atoms with Gasteiger partial charge >= 0.3 is 0 Å². The summed E-state index contributed by atoms with van der Waals surface area (Å²) >= 11 is 5.53. The third-order valence-corrected chi connectivity index (χ3v) is 3.03. The minimum absolute atomic E-state index is 0.0935. The maximum Gasteiger partial charge on any atom is 0.220 e. The van der Waals surface area contributed by atoms with E-state index in [1.54, 1.807) is 0 Å². The average Bonchev–Trinajstić information content (AvgIpc) is 2.31. The van der Waals surface area contributed by atoms with Crippen molar-refractivity contribution in [2.75, 3.05) is 12.4 Å². The zero-order valence-electron chi connectivity index (χ0n) is 10.6. The molecule has 0 aliphatic carbocycles. The molecule has 17 heavy (non-hydrogen) atoms. The van der Waals surface area contributed by atoms with Gasteiger partial charge in [0.25, 0.3) is 0 Å². The highest BCUT2D eigenvalue weighted by molar-refractivity contribution is 6.17. The number of carbonyl (C=O) groups is 1. The van der Waals surface area contributed by atoms with Crippen LogP contribution in [-0.4, -0.2) is 18.3 Å². The van der Waals surface area contributed by atoms with Gasteiger partial charge in [-0.2, -0.15) is 0 Å². The fraction of sp³-hybridized carbons (Fsp3) is 0.500. The van der Waals surface area contributed by atoms with Crippen molar-refractivity contribution in [1.29, 1.82) is 0 Å². The molecule has 0 spiro atoms. The predicted molar refractivity (Wildman–Crippen MR) is 72.6 cm³/mol. The lowest BCUT2D eigenvalue weighted by Gasteiger charge is -2.08. The molecular weight excluding hydrogens is 234 g/mol. The second kappa shape index (κ2) is 7.33. The van der Waals surface area contributed by atoms with E-state index in [1.165, 1.54) is 16.7 Å². The molecule has 0 bridgehead atoms. The highest BCUT2D eigenvalue weighted by Gasteiger charge is 2.02. The number of benzene rings is 1. The third-order valence-electron chi connectivity index (χ3n) is 2.76. The van der Waals surface area contributed by atoms with E-state index in [-0.39, 0.29) is 5.91 Å². The van der Waals surface area contributed by atoms with Crippen molar-refractivity contribution in [2.24, 2.45) is 0 Å². The smallest absolute Gasteiger partial charge is 0.220 e. The molecule has 0 saturated heterocycles. The molecule has 0 aliphatic rings. The van der Waals surface area contributed by atoms with Crippen molar-refractivity contribution >= 4 is 17.5 Å². The Morgan fingerprint density at radius 3 is 2.82 bits per heavy atom. The molecule has 1 N–H and O–H groups in total. The standard InChI is InChI=1S/C14H20ClNO/c1-11-5-6-12(2)13(10-11)7-9-16-14(17)4-3-8-15/h5-6,10H,3-4,7-9H2,1-2H3,(H,16,17). The summed E-state index contributed by atoms with van der Waals surface area (Å²) in [6, 6.07) is 6.41. The van der Waals surface area contributed by atoms with Crippen LogP contribution in [0.25, 0.3) is 0 Å². The van der Waals surface area contributed by atoms with Gasteiger partial charge in [-0.25, -0.2) is 0 Å². The van der Waals surface area contributed by atoms with Crippen LogP contribution in [0.15, 0.2) is 18.2 Å². The van der Waals surface area contributed by atoms with Gasteiger partial charge in [-0.1, -0.05) is 23.8 Å². The molecule has 1 aromatic rings. The SMILES string of the molecule is Cc1ccc(C)c(CCNC(=O)CCCCl)c1. The second-order valence-corrected chi connectivity index (χ2v) is 4.70. The molecule has 0 saturated carbocycles. The lowest BCUT2D eigenvalue weighted by Crippen LogP contribution is -2.25. The molecule has 0 heterocycles. The van der Waals surface area contributed by atoms with E-state index < -0.39 is 0 Å². The van der Waals surface area contributed by atoms with Crippen LogP contribution in [0.4, 0.5) is 0 Å². The van der Waals surface area contributed by atoms with Crippen LogP contribution in [0.1, 0.15) is 29.5 Å². The number of alkyl halides is 1. The maximum absolute atomic E-state index is 11.4. The maximum atomic E-state index is 11.4. The van der Waals surface area contributed by atoms with E-state index in [0.717, 1.165) is 12.8 Å². The molecule has 0 radical (unpaired) electrons. The van der Waals surface area contributed by atoms with Crippen LogP contribution < -0.4 is 5.32 Å². The number of hydrogen-bond acceptors (Lipinski definition) is 1. The van der Waals surface area contributed by atoms with Crippen molar-refractivity contribution in [3.05, 3.63) is 34.9 Å². The summed E-state index contributed by atoms with van der Waals surface area (Å²) < 4.78 is 0. The Kier molecular flexibility index (Phi) is 6.06. The summed E-state index contributed by atoms with van der Waals surface area (Å²) in [6.45, 7) is 4.89. The third kappa shape index (κ3) is 5.22. The zero-order valence-corrected chi connectivity index (χ0v) is 11.3. The molecule has 2 nitrogen and oxygen atoms in total. The Bertz CT molecular complexity index is 376. The van der Waals surface area contributed by atoms with Gasteiger partial charge in [0, 0.05) is 18.8 Å². The fourth-order valence-corrected chi connectivity index (χ4v) is 1.86. The monoisotopic (exact) mass is 253 g/mol. The summed E-state index contributed by atoms with van der Waals surface area (Å²) in [5, 5.41) is 2.92. The number of carbonyl (C=O) groups excluding carboxylic acids is 1. The van der Waals surface area contributed by atoms with Crippen molar-refractivity contribution in [3.63, 3.8) is 0 Å². The Hall–Kier alpha value is -1.02. The van der Waals surface area contributed by atoms with Crippen molar-refractivity contribution in [3.8, 4) is 0 Å². The molecule has 0 atom stereocenters. The van der Waals surface area contributed by atoms with E-state index in [9.17, 15) is 4.79 Å². The molecule has 0 aromatic heterocycles. The van der Waals surface area contributed by atoms with Crippen LogP contribution in [0.5, 0.6) is 0 Å². The van der Waals surface area contributed by atoms with Crippen molar-refractivity contribution in [1.82, 2.24) is 5.32 Å². The van der Waals surface area contributed by atoms with Crippen LogP contribution in [0.2, 0.25) is 0 Å². The van der Waals surface area contributed by atoms with Crippen molar-refractivity contribution in [2.45, 2.75) is 33.1 Å². The largest absolute Gasteiger partial charge is 0.356 e. The number of rotatable bonds is 6. The molecule has 1 rings (SSSR count). The van der Waals surface area contributed by atoms with E-state index in [0.29, 0.717) is 18.8 Å². The van der Waals surface area contributed by atoms with Gasteiger partial charge in [0.05, 0.1) is 0 Å². The van der Waals surface area contributed by atoms with Gasteiger partial charge in [-0.15, -0.1) is 11.6 Å². The van der Waals surface area contributed by atoms with E-state index in [2.05, 4.69) is 37.4 Å². The first-order valence-electron chi connectivity index (χ1n) is 6.02. The van der Waals surface area contributed by atoms with Gasteiger partial charge in [0.15, 0.2) is 0 Å². The summed E-state index contributed by atoms with van der Waals surface area (Å²) in [6.07, 6.45) is 2.16. The summed E-state index contributed by atoms with van der Waals surface area (Å²) in [5.41, 5.74) is 3.85. The normalized spacial score (nSPS) is 10.3. The van der Waals surface area contributed by atoms with Gasteiger partial charge in [-0.3, -0.25) is 4.79 Å². The second-order valence-electron chi connectivity index (χ2n) is 4.32.